The number of hydrogen-bond donors (Lipinski definition) is 1. The number of nitrogens with zero attached hydrogens (tertiary/aromatic N) is 2. The third-order valence-corrected chi connectivity index (χ3v) is 5.11. The van der Waals surface area contributed by atoms with Crippen molar-refractivity contribution >= 4 is 23.1 Å². The van der Waals surface area contributed by atoms with Crippen LogP contribution in [0.3, 0.4) is 0 Å². The summed E-state index contributed by atoms with van der Waals surface area (Å²) >= 11 is 0. The zero-order valence-corrected chi connectivity index (χ0v) is 14.7. The molecule has 1 saturated carbocycles. The van der Waals surface area contributed by atoms with E-state index in [1.54, 1.807) is 30.3 Å². The molecule has 0 bridgehead atoms. The van der Waals surface area contributed by atoms with Gasteiger partial charge in [0.25, 0.3) is 5.69 Å². The summed E-state index contributed by atoms with van der Waals surface area (Å²) in [4.78, 5) is 46.5. The van der Waals surface area contributed by atoms with Gasteiger partial charge >= 0.3 is 0 Å². The Morgan fingerprint density at radius 3 is 2.18 bits per heavy atom. The predicted molar refractivity (Wildman–Crippen MR) is 99.4 cm³/mol. The Hall–Kier alpha value is -3.62. The van der Waals surface area contributed by atoms with Crippen molar-refractivity contribution in [3.05, 3.63) is 80.4 Å². The number of non-ortho nitro benzene ring substituents is 1. The molecule has 1 amide bonds. The first-order valence-corrected chi connectivity index (χ1v) is 8.60. The standard InChI is InChI=1S/C19H17N3O6/c23-17-10-11-19(17,16(12-21(25)26)13-4-2-1-3-5-13)18(24)20-14-6-8-15(9-7-14)22(27)28/h1-9,16H,10-12H2,(H,20,24)/t16-,19+/m0/s1. The molecule has 1 aliphatic carbocycles. The molecule has 2 aromatic carbocycles. The van der Waals surface area contributed by atoms with E-state index < -0.39 is 33.6 Å². The number of ketones is 1. The molecule has 0 heterocycles. The fraction of sp³-hybridized carbons (Fsp3) is 0.263. The van der Waals surface area contributed by atoms with Crippen LogP contribution in [0.15, 0.2) is 54.6 Å². The van der Waals surface area contributed by atoms with Crippen LogP contribution >= 0.6 is 0 Å². The summed E-state index contributed by atoms with van der Waals surface area (Å²) in [6.45, 7) is -0.552. The van der Waals surface area contributed by atoms with Gasteiger partial charge in [0.15, 0.2) is 0 Å². The number of anilines is 1. The maximum absolute atomic E-state index is 13.1. The normalized spacial score (nSPS) is 19.4. The number of benzene rings is 2. The maximum Gasteiger partial charge on any atom is 0.269 e. The number of amides is 1. The van der Waals surface area contributed by atoms with E-state index in [2.05, 4.69) is 5.32 Å². The second kappa shape index (κ2) is 7.55. The molecule has 0 radical (unpaired) electrons. The summed E-state index contributed by atoms with van der Waals surface area (Å²) in [7, 11) is 0. The molecule has 1 N–H and O–H groups in total. The average Bonchev–Trinajstić information content (AvgIpc) is 2.67. The van der Waals surface area contributed by atoms with Crippen molar-refractivity contribution in [1.82, 2.24) is 0 Å². The second-order valence-corrected chi connectivity index (χ2v) is 6.63. The van der Waals surface area contributed by atoms with E-state index in [0.717, 1.165) is 0 Å². The van der Waals surface area contributed by atoms with Crippen LogP contribution in [0.25, 0.3) is 0 Å². The lowest BCUT2D eigenvalue weighted by Gasteiger charge is -2.43. The van der Waals surface area contributed by atoms with Crippen LogP contribution < -0.4 is 5.32 Å². The second-order valence-electron chi connectivity index (χ2n) is 6.63. The monoisotopic (exact) mass is 383 g/mol. The summed E-state index contributed by atoms with van der Waals surface area (Å²) in [6.07, 6.45) is 0.382. The van der Waals surface area contributed by atoms with Crippen LogP contribution in [0, 0.1) is 25.6 Å². The summed E-state index contributed by atoms with van der Waals surface area (Å²) in [6, 6.07) is 13.7. The highest BCUT2D eigenvalue weighted by molar-refractivity contribution is 6.15. The Labute approximate surface area is 159 Å². The van der Waals surface area contributed by atoms with Gasteiger partial charge in [-0.1, -0.05) is 30.3 Å². The zero-order chi connectivity index (χ0) is 20.3. The molecule has 9 nitrogen and oxygen atoms in total. The number of nitro groups is 2. The minimum Gasteiger partial charge on any atom is -0.325 e. The molecule has 144 valence electrons. The van der Waals surface area contributed by atoms with Gasteiger partial charge in [-0.3, -0.25) is 29.8 Å². The zero-order valence-electron chi connectivity index (χ0n) is 14.7. The summed E-state index contributed by atoms with van der Waals surface area (Å²) < 4.78 is 0. The van der Waals surface area contributed by atoms with Crippen molar-refractivity contribution in [2.24, 2.45) is 5.41 Å². The topological polar surface area (TPSA) is 132 Å². The van der Waals surface area contributed by atoms with Crippen LogP contribution in [-0.2, 0) is 9.59 Å². The van der Waals surface area contributed by atoms with Crippen molar-refractivity contribution < 1.29 is 19.4 Å². The lowest BCUT2D eigenvalue weighted by Crippen LogP contribution is -2.55. The molecule has 0 spiro atoms. The van der Waals surface area contributed by atoms with Crippen LogP contribution in [0.2, 0.25) is 0 Å². The van der Waals surface area contributed by atoms with Crippen LogP contribution in [0.4, 0.5) is 11.4 Å². The first-order valence-electron chi connectivity index (χ1n) is 8.60. The average molecular weight is 383 g/mol. The minimum absolute atomic E-state index is 0.136. The number of carbonyl (C=O) groups excluding carboxylic acids is 2. The molecule has 28 heavy (non-hydrogen) atoms. The Balaban J connectivity index is 1.93. The van der Waals surface area contributed by atoms with E-state index in [4.69, 9.17) is 0 Å². The van der Waals surface area contributed by atoms with Crippen molar-refractivity contribution in [3.63, 3.8) is 0 Å². The van der Waals surface area contributed by atoms with Crippen molar-refractivity contribution in [2.45, 2.75) is 18.8 Å². The summed E-state index contributed by atoms with van der Waals surface area (Å²) in [5.41, 5.74) is -0.840. The quantitative estimate of drug-likeness (QED) is 0.444. The van der Waals surface area contributed by atoms with Gasteiger partial charge < -0.3 is 5.32 Å². The first-order chi connectivity index (χ1) is 13.3. The molecule has 0 aliphatic heterocycles. The number of Topliss-reactive ketones (excluding diaryl/α,β-unsaturated/α-hetero) is 1. The van der Waals surface area contributed by atoms with E-state index in [1.807, 2.05) is 0 Å². The van der Waals surface area contributed by atoms with Crippen molar-refractivity contribution in [3.8, 4) is 0 Å². The van der Waals surface area contributed by atoms with Gasteiger partial charge in [0, 0.05) is 29.2 Å². The fourth-order valence-electron chi connectivity index (χ4n) is 3.55. The highest BCUT2D eigenvalue weighted by Gasteiger charge is 2.59. The minimum atomic E-state index is -1.53. The largest absolute Gasteiger partial charge is 0.325 e. The van der Waals surface area contributed by atoms with Gasteiger partial charge in [0.1, 0.15) is 11.2 Å². The van der Waals surface area contributed by atoms with E-state index in [0.29, 0.717) is 5.56 Å². The first kappa shape index (κ1) is 19.2. The van der Waals surface area contributed by atoms with Gasteiger partial charge in [-0.05, 0) is 24.1 Å². The fourth-order valence-corrected chi connectivity index (χ4v) is 3.55. The van der Waals surface area contributed by atoms with E-state index >= 15 is 0 Å². The maximum atomic E-state index is 13.1. The Bertz CT molecular complexity index is 928. The molecule has 2 aromatic rings. The number of carbonyl (C=O) groups is 2. The Morgan fingerprint density at radius 2 is 1.71 bits per heavy atom. The molecule has 0 saturated heterocycles. The van der Waals surface area contributed by atoms with Crippen LogP contribution in [-0.4, -0.2) is 28.1 Å². The SMILES string of the molecule is O=C1CC[C@@]1(C(=O)Nc1ccc([N+](=O)[O-])cc1)[C@@H](C[N+](=O)[O-])c1ccccc1. The molecule has 0 aromatic heterocycles. The van der Waals surface area contributed by atoms with E-state index in [9.17, 15) is 29.8 Å². The van der Waals surface area contributed by atoms with Gasteiger partial charge in [-0.15, -0.1) is 0 Å². The number of nitrogens with one attached hydrogen (secondary N) is 1. The molecular weight excluding hydrogens is 366 g/mol. The lowest BCUT2D eigenvalue weighted by atomic mass is 9.57. The molecular formula is C19H17N3O6. The van der Waals surface area contributed by atoms with Gasteiger partial charge in [-0.25, -0.2) is 0 Å². The molecule has 1 aliphatic rings. The highest BCUT2D eigenvalue weighted by Crippen LogP contribution is 2.49. The van der Waals surface area contributed by atoms with Crippen LogP contribution in [0.1, 0.15) is 24.3 Å². The van der Waals surface area contributed by atoms with Crippen molar-refractivity contribution in [2.75, 3.05) is 11.9 Å². The molecule has 2 atom stereocenters. The van der Waals surface area contributed by atoms with E-state index in [-0.39, 0.29) is 30.0 Å². The third kappa shape index (κ3) is 3.46. The van der Waals surface area contributed by atoms with E-state index in [1.165, 1.54) is 24.3 Å². The molecule has 3 rings (SSSR count). The predicted octanol–water partition coefficient (Wildman–Crippen LogP) is 2.94. The third-order valence-electron chi connectivity index (χ3n) is 5.11. The summed E-state index contributed by atoms with van der Waals surface area (Å²) in [5, 5.41) is 24.6. The van der Waals surface area contributed by atoms with Crippen LogP contribution in [0.5, 0.6) is 0 Å². The van der Waals surface area contributed by atoms with Crippen molar-refractivity contribution in [1.29, 1.82) is 0 Å². The number of hydrogen-bond acceptors (Lipinski definition) is 6. The highest BCUT2D eigenvalue weighted by atomic mass is 16.6. The summed E-state index contributed by atoms with van der Waals surface area (Å²) in [5.74, 6) is -1.88. The smallest absolute Gasteiger partial charge is 0.269 e. The molecule has 0 unspecified atom stereocenters. The number of nitro benzene ring substituents is 1. The molecule has 1 fully saturated rings. The van der Waals surface area contributed by atoms with Gasteiger partial charge in [0.2, 0.25) is 12.5 Å². The molecule has 9 heteroatoms. The lowest BCUT2D eigenvalue weighted by molar-refractivity contribution is -0.485. The van der Waals surface area contributed by atoms with Gasteiger partial charge in [0.05, 0.1) is 10.8 Å². The Morgan fingerprint density at radius 1 is 1.07 bits per heavy atom. The van der Waals surface area contributed by atoms with Gasteiger partial charge in [-0.2, -0.15) is 0 Å². The number of rotatable bonds is 7. The Kier molecular flexibility index (Phi) is 5.16.